The molecule has 0 saturated heterocycles. The number of hydrogen-bond acceptors (Lipinski definition) is 6. The normalized spacial score (nSPS) is 16.4. The maximum atomic E-state index is 10.8. The highest BCUT2D eigenvalue weighted by molar-refractivity contribution is 6.09. The Balaban J connectivity index is 2.02. The number of aryl methyl sites for hydroxylation is 1. The van der Waals surface area contributed by atoms with Crippen LogP contribution in [-0.2, 0) is 11.2 Å². The molecule has 0 aliphatic heterocycles. The summed E-state index contributed by atoms with van der Waals surface area (Å²) >= 11 is 0. The van der Waals surface area contributed by atoms with Crippen molar-refractivity contribution in [3.63, 3.8) is 0 Å². The molecule has 3 rings (SSSR count). The van der Waals surface area contributed by atoms with E-state index in [1.807, 2.05) is 6.07 Å². The number of hydrazone groups is 1. The van der Waals surface area contributed by atoms with Crippen molar-refractivity contribution >= 4 is 23.2 Å². The van der Waals surface area contributed by atoms with Crippen LogP contribution in [0.2, 0.25) is 0 Å². The number of benzene rings is 1. The van der Waals surface area contributed by atoms with Gasteiger partial charge in [0.05, 0.1) is 26.5 Å². The number of methoxy groups -OCH3 is 2. The number of aliphatic carboxylic acids is 1. The van der Waals surface area contributed by atoms with E-state index in [2.05, 4.69) is 10.5 Å². The lowest BCUT2D eigenvalue weighted by molar-refractivity contribution is -0.137. The zero-order valence-corrected chi connectivity index (χ0v) is 18.0. The molecule has 0 fully saturated rings. The zero-order valence-electron chi connectivity index (χ0n) is 18.0. The minimum Gasteiger partial charge on any atom is -0.493 e. The van der Waals surface area contributed by atoms with Gasteiger partial charge >= 0.3 is 5.97 Å². The van der Waals surface area contributed by atoms with Gasteiger partial charge in [-0.2, -0.15) is 5.10 Å². The predicted molar refractivity (Wildman–Crippen MR) is 118 cm³/mol. The monoisotopic (exact) mass is 430 g/mol. The first-order valence-electron chi connectivity index (χ1n) is 10.5. The van der Waals surface area contributed by atoms with E-state index in [4.69, 9.17) is 30.5 Å². The first-order chi connectivity index (χ1) is 15.0. The molecular weight excluding hydrogens is 400 g/mol. The standard InChI is InChI=1S/C22H30N4O5/c1-29-17-12-13-9-10-16(25-26-22(23)24)14-6-5-7-15(14)19(13)21(20(17)30-2)31-11-4-3-8-18(27)28/h12H,3-11H2,1-2H3,(H,27,28)(H4,23,24,26). The van der Waals surface area contributed by atoms with E-state index < -0.39 is 5.97 Å². The Kier molecular flexibility index (Phi) is 7.38. The van der Waals surface area contributed by atoms with Gasteiger partial charge in [0.15, 0.2) is 11.5 Å². The molecule has 5 N–H and O–H groups in total. The molecule has 0 atom stereocenters. The number of carboxylic acids is 1. The van der Waals surface area contributed by atoms with Gasteiger partial charge in [0.1, 0.15) is 0 Å². The van der Waals surface area contributed by atoms with Crippen LogP contribution < -0.4 is 25.4 Å². The van der Waals surface area contributed by atoms with E-state index in [0.717, 1.165) is 48.1 Å². The highest BCUT2D eigenvalue weighted by Gasteiger charge is 2.31. The maximum absolute atomic E-state index is 10.8. The van der Waals surface area contributed by atoms with Gasteiger partial charge in [-0.25, -0.2) is 5.43 Å². The van der Waals surface area contributed by atoms with Gasteiger partial charge in [0.2, 0.25) is 11.7 Å². The van der Waals surface area contributed by atoms with Crippen LogP contribution >= 0.6 is 0 Å². The van der Waals surface area contributed by atoms with E-state index in [0.29, 0.717) is 43.1 Å². The lowest BCUT2D eigenvalue weighted by atomic mass is 9.95. The molecule has 0 bridgehead atoms. The number of carboxylic acid groups (broad SMARTS) is 1. The molecule has 0 amide bonds. The molecule has 168 valence electrons. The Bertz CT molecular complexity index is 923. The molecular formula is C22H30N4O5. The second-order valence-corrected chi connectivity index (χ2v) is 7.57. The van der Waals surface area contributed by atoms with Gasteiger partial charge in [-0.15, -0.1) is 0 Å². The Hall–Kier alpha value is -3.23. The minimum absolute atomic E-state index is 0.120. The molecule has 2 aliphatic carbocycles. The summed E-state index contributed by atoms with van der Waals surface area (Å²) in [5.74, 6) is 0.787. The van der Waals surface area contributed by atoms with Crippen LogP contribution in [-0.4, -0.2) is 43.6 Å². The molecule has 0 spiro atoms. The van der Waals surface area contributed by atoms with Crippen molar-refractivity contribution in [1.29, 1.82) is 5.41 Å². The van der Waals surface area contributed by atoms with Crippen LogP contribution in [0.3, 0.4) is 0 Å². The lowest BCUT2D eigenvalue weighted by Gasteiger charge is -2.21. The van der Waals surface area contributed by atoms with Gasteiger partial charge in [-0.3, -0.25) is 10.2 Å². The van der Waals surface area contributed by atoms with E-state index >= 15 is 0 Å². The zero-order chi connectivity index (χ0) is 22.4. The largest absolute Gasteiger partial charge is 0.493 e. The molecule has 0 radical (unpaired) electrons. The molecule has 1 aromatic carbocycles. The predicted octanol–water partition coefficient (Wildman–Crippen LogP) is 3.06. The average Bonchev–Trinajstić information content (AvgIpc) is 3.16. The Labute approximate surface area is 181 Å². The number of unbranched alkanes of at least 4 members (excludes halogenated alkanes) is 1. The van der Waals surface area contributed by atoms with Crippen molar-refractivity contribution in [3.8, 4) is 17.2 Å². The second kappa shape index (κ2) is 10.2. The fourth-order valence-electron chi connectivity index (χ4n) is 4.22. The van der Waals surface area contributed by atoms with E-state index in [9.17, 15) is 4.79 Å². The summed E-state index contributed by atoms with van der Waals surface area (Å²) in [5.41, 5.74) is 13.4. The number of carbonyl (C=O) groups is 1. The van der Waals surface area contributed by atoms with Crippen molar-refractivity contribution in [1.82, 2.24) is 5.43 Å². The fraction of sp³-hybridized carbons (Fsp3) is 0.500. The van der Waals surface area contributed by atoms with Gasteiger partial charge in [-0.05, 0) is 67.7 Å². The number of nitrogens with zero attached hydrogens (tertiary/aromatic N) is 1. The van der Waals surface area contributed by atoms with Crippen molar-refractivity contribution in [2.75, 3.05) is 20.8 Å². The number of ether oxygens (including phenoxy) is 3. The fourth-order valence-corrected chi connectivity index (χ4v) is 4.22. The summed E-state index contributed by atoms with van der Waals surface area (Å²) in [6.07, 6.45) is 5.54. The molecule has 9 heteroatoms. The molecule has 0 heterocycles. The van der Waals surface area contributed by atoms with Crippen LogP contribution in [0.4, 0.5) is 0 Å². The highest BCUT2D eigenvalue weighted by Crippen LogP contribution is 2.50. The molecule has 2 aliphatic rings. The summed E-state index contributed by atoms with van der Waals surface area (Å²) < 4.78 is 17.4. The summed E-state index contributed by atoms with van der Waals surface area (Å²) in [5, 5.41) is 20.7. The molecule has 1 aromatic rings. The van der Waals surface area contributed by atoms with Gasteiger partial charge in [-0.1, -0.05) is 0 Å². The van der Waals surface area contributed by atoms with Crippen LogP contribution in [0.25, 0.3) is 5.57 Å². The van der Waals surface area contributed by atoms with Crippen molar-refractivity contribution in [2.24, 2.45) is 10.8 Å². The Morgan fingerprint density at radius 3 is 2.61 bits per heavy atom. The van der Waals surface area contributed by atoms with E-state index in [1.54, 1.807) is 14.2 Å². The van der Waals surface area contributed by atoms with E-state index in [1.165, 1.54) is 5.57 Å². The first-order valence-corrected chi connectivity index (χ1v) is 10.5. The SMILES string of the molecule is COc1cc2c(c(OCCCCC(=O)O)c1OC)C1=C(CCC1)C(=NNC(=N)N)CC2. The third-order valence-corrected chi connectivity index (χ3v) is 5.55. The smallest absolute Gasteiger partial charge is 0.303 e. The molecule has 0 unspecified atom stereocenters. The number of rotatable bonds is 9. The summed E-state index contributed by atoms with van der Waals surface area (Å²) in [4.78, 5) is 10.8. The molecule has 31 heavy (non-hydrogen) atoms. The van der Waals surface area contributed by atoms with Crippen molar-refractivity contribution in [2.45, 2.75) is 51.4 Å². The molecule has 0 aromatic heterocycles. The van der Waals surface area contributed by atoms with Gasteiger partial charge in [0, 0.05) is 12.0 Å². The molecule has 9 nitrogen and oxygen atoms in total. The number of guanidine groups is 1. The summed E-state index contributed by atoms with van der Waals surface area (Å²) in [6.45, 7) is 0.388. The summed E-state index contributed by atoms with van der Waals surface area (Å²) in [6, 6.07) is 2.00. The second-order valence-electron chi connectivity index (χ2n) is 7.57. The number of nitrogens with two attached hydrogens (primary N) is 1. The summed E-state index contributed by atoms with van der Waals surface area (Å²) in [7, 11) is 3.19. The third kappa shape index (κ3) is 5.10. The quantitative estimate of drug-likeness (QED) is 0.204. The number of fused-ring (bicyclic) bond motifs is 2. The van der Waals surface area contributed by atoms with Crippen molar-refractivity contribution in [3.05, 3.63) is 22.8 Å². The highest BCUT2D eigenvalue weighted by atomic mass is 16.5. The van der Waals surface area contributed by atoms with Crippen LogP contribution in [0.5, 0.6) is 17.2 Å². The third-order valence-electron chi connectivity index (χ3n) is 5.55. The van der Waals surface area contributed by atoms with Gasteiger partial charge < -0.3 is 25.1 Å². The Morgan fingerprint density at radius 1 is 1.16 bits per heavy atom. The number of allylic oxidation sites excluding steroid dienone is 2. The topological polar surface area (TPSA) is 139 Å². The van der Waals surface area contributed by atoms with Crippen LogP contribution in [0, 0.1) is 5.41 Å². The average molecular weight is 431 g/mol. The van der Waals surface area contributed by atoms with E-state index in [-0.39, 0.29) is 12.4 Å². The minimum atomic E-state index is -0.806. The lowest BCUT2D eigenvalue weighted by Crippen LogP contribution is -2.27. The number of hydrogen-bond donors (Lipinski definition) is 4. The Morgan fingerprint density at radius 2 is 1.94 bits per heavy atom. The van der Waals surface area contributed by atoms with Gasteiger partial charge in [0.25, 0.3) is 0 Å². The first kappa shape index (κ1) is 22.5. The maximum Gasteiger partial charge on any atom is 0.303 e. The molecule has 0 saturated carbocycles. The van der Waals surface area contributed by atoms with Crippen LogP contribution in [0.1, 0.15) is 56.1 Å². The number of nitrogens with one attached hydrogen (secondary N) is 2. The van der Waals surface area contributed by atoms with Crippen molar-refractivity contribution < 1.29 is 24.1 Å². The van der Waals surface area contributed by atoms with Crippen LogP contribution in [0.15, 0.2) is 16.7 Å².